The molecule has 0 radical (unpaired) electrons. The lowest BCUT2D eigenvalue weighted by atomic mass is 10.0. The van der Waals surface area contributed by atoms with Crippen molar-refractivity contribution in [1.82, 2.24) is 4.90 Å². The number of hydrogen-bond donors (Lipinski definition) is 1. The molecule has 1 rings (SSSR count). The second kappa shape index (κ2) is 6.28. The molecule has 3 nitrogen and oxygen atoms in total. The average Bonchev–Trinajstić information content (AvgIpc) is 2.24. The largest absolute Gasteiger partial charge is 0.478 e. The Morgan fingerprint density at radius 1 is 1.25 bits per heavy atom. The van der Waals surface area contributed by atoms with Gasteiger partial charge in [-0.15, -0.1) is 0 Å². The third-order valence-electron chi connectivity index (χ3n) is 2.55. The highest BCUT2D eigenvalue weighted by Gasteiger charge is 2.07. The molecule has 16 heavy (non-hydrogen) atoms. The van der Waals surface area contributed by atoms with Gasteiger partial charge < -0.3 is 10.0 Å². The van der Waals surface area contributed by atoms with Gasteiger partial charge in [-0.05, 0) is 51.5 Å². The first-order valence-electron chi connectivity index (χ1n) is 5.57. The van der Waals surface area contributed by atoms with Gasteiger partial charge in [0.2, 0.25) is 0 Å². The molecule has 0 aliphatic carbocycles. The summed E-state index contributed by atoms with van der Waals surface area (Å²) >= 11 is 0. The molecule has 0 aliphatic heterocycles. The van der Waals surface area contributed by atoms with Gasteiger partial charge in [-0.2, -0.15) is 0 Å². The minimum atomic E-state index is -0.830. The van der Waals surface area contributed by atoms with E-state index >= 15 is 0 Å². The van der Waals surface area contributed by atoms with Crippen LogP contribution in [0, 0.1) is 0 Å². The summed E-state index contributed by atoms with van der Waals surface area (Å²) in [7, 11) is 4.09. The quantitative estimate of drug-likeness (QED) is 0.749. The van der Waals surface area contributed by atoms with Gasteiger partial charge >= 0.3 is 5.97 Å². The van der Waals surface area contributed by atoms with Crippen LogP contribution in [0.1, 0.15) is 28.8 Å². The van der Waals surface area contributed by atoms with Gasteiger partial charge in [-0.3, -0.25) is 0 Å². The molecule has 1 N–H and O–H groups in total. The summed E-state index contributed by atoms with van der Waals surface area (Å²) in [5.41, 5.74) is 1.38. The van der Waals surface area contributed by atoms with E-state index in [1.807, 2.05) is 26.2 Å². The van der Waals surface area contributed by atoms with Crippen molar-refractivity contribution in [2.24, 2.45) is 0 Å². The Kier molecular flexibility index (Phi) is 4.99. The number of unbranched alkanes of at least 4 members (excludes halogenated alkanes) is 1. The molecule has 0 heterocycles. The fourth-order valence-electron chi connectivity index (χ4n) is 1.69. The van der Waals surface area contributed by atoms with Crippen molar-refractivity contribution in [3.63, 3.8) is 0 Å². The Bertz CT molecular complexity index is 348. The number of carboxylic acids is 1. The number of aryl methyl sites for hydroxylation is 1. The van der Waals surface area contributed by atoms with E-state index in [9.17, 15) is 4.79 Å². The molecule has 0 aliphatic rings. The molecular weight excluding hydrogens is 202 g/mol. The molecule has 3 heteroatoms. The fraction of sp³-hybridized carbons (Fsp3) is 0.462. The summed E-state index contributed by atoms with van der Waals surface area (Å²) in [6, 6.07) is 7.24. The molecule has 1 aromatic carbocycles. The molecule has 88 valence electrons. The number of benzene rings is 1. The molecule has 0 atom stereocenters. The van der Waals surface area contributed by atoms with Gasteiger partial charge in [0.25, 0.3) is 0 Å². The van der Waals surface area contributed by atoms with Crippen LogP contribution in [-0.4, -0.2) is 36.6 Å². The van der Waals surface area contributed by atoms with Crippen LogP contribution >= 0.6 is 0 Å². The van der Waals surface area contributed by atoms with Gasteiger partial charge in [-0.1, -0.05) is 18.2 Å². The van der Waals surface area contributed by atoms with Gasteiger partial charge in [0.05, 0.1) is 5.56 Å². The zero-order valence-corrected chi connectivity index (χ0v) is 9.94. The maximum atomic E-state index is 11.0. The monoisotopic (exact) mass is 221 g/mol. The SMILES string of the molecule is CN(C)CCCCc1ccccc1C(=O)O. The van der Waals surface area contributed by atoms with Crippen molar-refractivity contribution in [1.29, 1.82) is 0 Å². The van der Waals surface area contributed by atoms with Crippen LogP contribution in [0.3, 0.4) is 0 Å². The summed E-state index contributed by atoms with van der Waals surface area (Å²) in [5, 5.41) is 9.00. The lowest BCUT2D eigenvalue weighted by Gasteiger charge is -2.09. The highest BCUT2D eigenvalue weighted by Crippen LogP contribution is 2.12. The van der Waals surface area contributed by atoms with Crippen LogP contribution < -0.4 is 0 Å². The fourth-order valence-corrected chi connectivity index (χ4v) is 1.69. The summed E-state index contributed by atoms with van der Waals surface area (Å²) in [5.74, 6) is -0.830. The Labute approximate surface area is 96.7 Å². The number of nitrogens with zero attached hydrogens (tertiary/aromatic N) is 1. The third kappa shape index (κ3) is 4.03. The summed E-state index contributed by atoms with van der Waals surface area (Å²) < 4.78 is 0. The van der Waals surface area contributed by atoms with Gasteiger partial charge in [0, 0.05) is 0 Å². The zero-order chi connectivity index (χ0) is 12.0. The Morgan fingerprint density at radius 2 is 1.94 bits per heavy atom. The molecule has 0 fully saturated rings. The minimum Gasteiger partial charge on any atom is -0.478 e. The molecular formula is C13H19NO2. The molecule has 0 saturated heterocycles. The average molecular weight is 221 g/mol. The van der Waals surface area contributed by atoms with Crippen molar-refractivity contribution in [3.05, 3.63) is 35.4 Å². The van der Waals surface area contributed by atoms with Crippen molar-refractivity contribution in [3.8, 4) is 0 Å². The van der Waals surface area contributed by atoms with Crippen LogP contribution in [0.25, 0.3) is 0 Å². The summed E-state index contributed by atoms with van der Waals surface area (Å²) in [6.07, 6.45) is 2.97. The van der Waals surface area contributed by atoms with Crippen molar-refractivity contribution in [2.75, 3.05) is 20.6 Å². The van der Waals surface area contributed by atoms with Crippen LogP contribution in [0.4, 0.5) is 0 Å². The van der Waals surface area contributed by atoms with Gasteiger partial charge in [0.1, 0.15) is 0 Å². The van der Waals surface area contributed by atoms with Crippen LogP contribution in [0.2, 0.25) is 0 Å². The molecule has 0 unspecified atom stereocenters. The Balaban J connectivity index is 2.50. The molecule has 0 saturated carbocycles. The number of rotatable bonds is 6. The summed E-state index contributed by atoms with van der Waals surface area (Å²) in [4.78, 5) is 13.1. The van der Waals surface area contributed by atoms with Crippen molar-refractivity contribution in [2.45, 2.75) is 19.3 Å². The smallest absolute Gasteiger partial charge is 0.335 e. The van der Waals surface area contributed by atoms with E-state index < -0.39 is 5.97 Å². The topological polar surface area (TPSA) is 40.5 Å². The van der Waals surface area contributed by atoms with Crippen LogP contribution in [-0.2, 0) is 6.42 Å². The van der Waals surface area contributed by atoms with Gasteiger partial charge in [0.15, 0.2) is 0 Å². The third-order valence-corrected chi connectivity index (χ3v) is 2.55. The number of hydrogen-bond acceptors (Lipinski definition) is 2. The number of carboxylic acid groups (broad SMARTS) is 1. The van der Waals surface area contributed by atoms with E-state index in [0.29, 0.717) is 5.56 Å². The molecule has 0 aromatic heterocycles. The van der Waals surface area contributed by atoms with Gasteiger partial charge in [-0.25, -0.2) is 4.79 Å². The Morgan fingerprint density at radius 3 is 2.56 bits per heavy atom. The number of carbonyl (C=O) groups is 1. The van der Waals surface area contributed by atoms with E-state index in [-0.39, 0.29) is 0 Å². The second-order valence-electron chi connectivity index (χ2n) is 4.22. The minimum absolute atomic E-state index is 0.437. The first-order chi connectivity index (χ1) is 7.61. The van der Waals surface area contributed by atoms with E-state index in [0.717, 1.165) is 31.4 Å². The number of aromatic carboxylic acids is 1. The van der Waals surface area contributed by atoms with Crippen molar-refractivity contribution >= 4 is 5.97 Å². The second-order valence-corrected chi connectivity index (χ2v) is 4.22. The molecule has 0 spiro atoms. The Hall–Kier alpha value is -1.35. The summed E-state index contributed by atoms with van der Waals surface area (Å²) in [6.45, 7) is 1.05. The highest BCUT2D eigenvalue weighted by atomic mass is 16.4. The molecule has 1 aromatic rings. The molecule has 0 amide bonds. The lowest BCUT2D eigenvalue weighted by Crippen LogP contribution is -2.13. The maximum Gasteiger partial charge on any atom is 0.335 e. The van der Waals surface area contributed by atoms with E-state index in [4.69, 9.17) is 5.11 Å². The lowest BCUT2D eigenvalue weighted by molar-refractivity contribution is 0.0695. The van der Waals surface area contributed by atoms with E-state index in [1.165, 1.54) is 0 Å². The predicted octanol–water partition coefficient (Wildman–Crippen LogP) is 2.27. The first-order valence-corrected chi connectivity index (χ1v) is 5.57. The normalized spacial score (nSPS) is 10.7. The first kappa shape index (κ1) is 12.7. The highest BCUT2D eigenvalue weighted by molar-refractivity contribution is 5.89. The predicted molar refractivity (Wildman–Crippen MR) is 64.9 cm³/mol. The van der Waals surface area contributed by atoms with Crippen LogP contribution in [0.5, 0.6) is 0 Å². The van der Waals surface area contributed by atoms with Crippen LogP contribution in [0.15, 0.2) is 24.3 Å². The zero-order valence-electron chi connectivity index (χ0n) is 9.94. The standard InChI is InChI=1S/C13H19NO2/c1-14(2)10-6-5-8-11-7-3-4-9-12(11)13(15)16/h3-4,7,9H,5-6,8,10H2,1-2H3,(H,15,16). The van der Waals surface area contributed by atoms with E-state index in [1.54, 1.807) is 12.1 Å². The van der Waals surface area contributed by atoms with E-state index in [2.05, 4.69) is 4.90 Å². The van der Waals surface area contributed by atoms with Crippen molar-refractivity contribution < 1.29 is 9.90 Å². The molecule has 0 bridgehead atoms. The maximum absolute atomic E-state index is 11.0.